The first-order chi connectivity index (χ1) is 13.7. The summed E-state index contributed by atoms with van der Waals surface area (Å²) < 4.78 is 2.27. The van der Waals surface area contributed by atoms with E-state index >= 15 is 0 Å². The molecule has 0 atom stereocenters. The first-order valence-electron chi connectivity index (χ1n) is 9.59. The van der Waals surface area contributed by atoms with E-state index in [1.807, 2.05) is 0 Å². The fourth-order valence-electron chi connectivity index (χ4n) is 4.02. The molecule has 0 radical (unpaired) electrons. The highest BCUT2D eigenvalue weighted by atomic mass is 15.1. The minimum Gasteiger partial charge on any atom is -0.345 e. The Labute approximate surface area is 165 Å². The van der Waals surface area contributed by atoms with Crippen molar-refractivity contribution in [2.24, 2.45) is 7.05 Å². The van der Waals surface area contributed by atoms with E-state index in [9.17, 15) is 0 Å². The molecular weight excluding hydrogens is 340 g/mol. The first kappa shape index (κ1) is 16.6. The van der Waals surface area contributed by atoms with Crippen molar-refractivity contribution in [2.45, 2.75) is 0 Å². The summed E-state index contributed by atoms with van der Waals surface area (Å²) in [5, 5.41) is 2.60. The van der Waals surface area contributed by atoms with Crippen molar-refractivity contribution in [2.75, 3.05) is 11.9 Å². The monoisotopic (exact) mass is 362 g/mol. The molecule has 2 nitrogen and oxygen atoms in total. The summed E-state index contributed by atoms with van der Waals surface area (Å²) in [6.07, 6.45) is 0. The van der Waals surface area contributed by atoms with Crippen LogP contribution in [0.15, 0.2) is 97.1 Å². The maximum Gasteiger partial charge on any atom is 0.0490 e. The highest BCUT2D eigenvalue weighted by Gasteiger charge is 2.11. The zero-order chi connectivity index (χ0) is 19.1. The minimum absolute atomic E-state index is 1.18. The number of hydrogen-bond donors (Lipinski definition) is 0. The molecule has 0 unspecified atom stereocenters. The molecule has 1 aromatic heterocycles. The molecule has 0 aliphatic heterocycles. The topological polar surface area (TPSA) is 8.17 Å². The molecule has 0 amide bonds. The van der Waals surface area contributed by atoms with Gasteiger partial charge in [0.2, 0.25) is 0 Å². The third-order valence-electron chi connectivity index (χ3n) is 5.65. The van der Waals surface area contributed by atoms with Gasteiger partial charge in [0.1, 0.15) is 0 Å². The van der Waals surface area contributed by atoms with Crippen LogP contribution in [0.2, 0.25) is 0 Å². The van der Waals surface area contributed by atoms with E-state index in [0.29, 0.717) is 0 Å². The van der Waals surface area contributed by atoms with Crippen molar-refractivity contribution in [3.8, 4) is 11.1 Å². The minimum atomic E-state index is 1.18. The molecule has 0 spiro atoms. The summed E-state index contributed by atoms with van der Waals surface area (Å²) in [6.45, 7) is 0. The second-order valence-electron chi connectivity index (χ2n) is 7.25. The molecule has 2 heteroatoms. The van der Waals surface area contributed by atoms with E-state index in [-0.39, 0.29) is 0 Å². The van der Waals surface area contributed by atoms with Crippen LogP contribution in [0.5, 0.6) is 0 Å². The van der Waals surface area contributed by atoms with Crippen LogP contribution in [-0.4, -0.2) is 11.6 Å². The van der Waals surface area contributed by atoms with Gasteiger partial charge in [0, 0.05) is 47.3 Å². The van der Waals surface area contributed by atoms with Crippen molar-refractivity contribution in [3.63, 3.8) is 0 Å². The number of rotatable bonds is 3. The number of fused-ring (bicyclic) bond motifs is 3. The summed E-state index contributed by atoms with van der Waals surface area (Å²) in [5.74, 6) is 0. The smallest absolute Gasteiger partial charge is 0.0490 e. The molecule has 1 heterocycles. The van der Waals surface area contributed by atoms with E-state index in [0.717, 1.165) is 0 Å². The fourth-order valence-corrected chi connectivity index (χ4v) is 4.02. The molecule has 4 aromatic carbocycles. The summed E-state index contributed by atoms with van der Waals surface area (Å²) >= 11 is 0. The lowest BCUT2D eigenvalue weighted by Crippen LogP contribution is -2.09. The summed E-state index contributed by atoms with van der Waals surface area (Å²) in [6, 6.07) is 34.6. The maximum atomic E-state index is 2.29. The standard InChI is InChI=1S/C26H22N2/c1-27(21-14-12-20(13-15-21)19-8-4-3-5-9-19)22-16-17-26-24(18-22)23-10-6-7-11-25(23)28(26)2/h3-18H,1-2H3. The molecule has 5 aromatic rings. The van der Waals surface area contributed by atoms with Crippen molar-refractivity contribution in [3.05, 3.63) is 97.1 Å². The second-order valence-corrected chi connectivity index (χ2v) is 7.25. The fraction of sp³-hybridized carbons (Fsp3) is 0.0769. The van der Waals surface area contributed by atoms with Crippen LogP contribution in [0, 0.1) is 0 Å². The van der Waals surface area contributed by atoms with Gasteiger partial charge >= 0.3 is 0 Å². The molecular formula is C26H22N2. The summed E-state index contributed by atoms with van der Waals surface area (Å²) in [5.41, 5.74) is 7.38. The average molecular weight is 362 g/mol. The Morgan fingerprint density at radius 2 is 1.18 bits per heavy atom. The Kier molecular flexibility index (Phi) is 3.91. The lowest BCUT2D eigenvalue weighted by atomic mass is 10.1. The number of aromatic nitrogens is 1. The number of hydrogen-bond acceptors (Lipinski definition) is 1. The van der Waals surface area contributed by atoms with E-state index in [1.165, 1.54) is 44.3 Å². The van der Waals surface area contributed by atoms with Crippen molar-refractivity contribution in [1.82, 2.24) is 4.57 Å². The Morgan fingerprint density at radius 1 is 0.571 bits per heavy atom. The van der Waals surface area contributed by atoms with Gasteiger partial charge in [0.25, 0.3) is 0 Å². The highest BCUT2D eigenvalue weighted by molar-refractivity contribution is 6.09. The van der Waals surface area contributed by atoms with Gasteiger partial charge in [-0.25, -0.2) is 0 Å². The highest BCUT2D eigenvalue weighted by Crippen LogP contribution is 2.33. The van der Waals surface area contributed by atoms with Gasteiger partial charge in [0.15, 0.2) is 0 Å². The van der Waals surface area contributed by atoms with Gasteiger partial charge < -0.3 is 9.47 Å². The predicted molar refractivity (Wildman–Crippen MR) is 120 cm³/mol. The van der Waals surface area contributed by atoms with Crippen LogP contribution in [0.1, 0.15) is 0 Å². The number of anilines is 2. The molecule has 28 heavy (non-hydrogen) atoms. The van der Waals surface area contributed by atoms with E-state index in [1.54, 1.807) is 0 Å². The maximum absolute atomic E-state index is 2.29. The first-order valence-corrected chi connectivity index (χ1v) is 9.59. The molecule has 0 saturated heterocycles. The van der Waals surface area contributed by atoms with Gasteiger partial charge in [-0.05, 0) is 47.5 Å². The third-order valence-corrected chi connectivity index (χ3v) is 5.65. The number of para-hydroxylation sites is 1. The van der Waals surface area contributed by atoms with Crippen LogP contribution in [-0.2, 0) is 7.05 Å². The van der Waals surface area contributed by atoms with Gasteiger partial charge in [-0.2, -0.15) is 0 Å². The van der Waals surface area contributed by atoms with E-state index in [2.05, 4.69) is 121 Å². The SMILES string of the molecule is CN(c1ccc(-c2ccccc2)cc1)c1ccc2c(c1)c1ccccc1n2C. The van der Waals surface area contributed by atoms with Gasteiger partial charge in [0.05, 0.1) is 0 Å². The van der Waals surface area contributed by atoms with Crippen molar-refractivity contribution >= 4 is 33.2 Å². The number of aryl methyl sites for hydroxylation is 1. The summed E-state index contributed by atoms with van der Waals surface area (Å²) in [7, 11) is 4.26. The predicted octanol–water partition coefficient (Wildman–Crippen LogP) is 6.77. The van der Waals surface area contributed by atoms with Crippen molar-refractivity contribution in [1.29, 1.82) is 0 Å². The zero-order valence-electron chi connectivity index (χ0n) is 16.1. The van der Waals surface area contributed by atoms with E-state index < -0.39 is 0 Å². The molecule has 0 bridgehead atoms. The van der Waals surface area contributed by atoms with Crippen LogP contribution in [0.25, 0.3) is 32.9 Å². The molecule has 0 aliphatic carbocycles. The average Bonchev–Trinajstić information content (AvgIpc) is 3.06. The normalized spacial score (nSPS) is 11.2. The second kappa shape index (κ2) is 6.58. The van der Waals surface area contributed by atoms with E-state index in [4.69, 9.17) is 0 Å². The van der Waals surface area contributed by atoms with Crippen LogP contribution in [0.3, 0.4) is 0 Å². The van der Waals surface area contributed by atoms with Crippen LogP contribution < -0.4 is 4.90 Å². The molecule has 0 aliphatic rings. The number of benzene rings is 4. The number of nitrogens with zero attached hydrogens (tertiary/aromatic N) is 2. The lowest BCUT2D eigenvalue weighted by molar-refractivity contribution is 1.01. The molecule has 5 rings (SSSR count). The third kappa shape index (κ3) is 2.66. The Bertz CT molecular complexity index is 1260. The molecule has 0 N–H and O–H groups in total. The molecule has 0 saturated carbocycles. The van der Waals surface area contributed by atoms with Gasteiger partial charge in [-0.1, -0.05) is 60.7 Å². The van der Waals surface area contributed by atoms with Gasteiger partial charge in [-0.15, -0.1) is 0 Å². The van der Waals surface area contributed by atoms with Gasteiger partial charge in [-0.3, -0.25) is 0 Å². The Hall–Kier alpha value is -3.52. The quantitative estimate of drug-likeness (QED) is 0.344. The van der Waals surface area contributed by atoms with Crippen LogP contribution >= 0.6 is 0 Å². The van der Waals surface area contributed by atoms with Crippen molar-refractivity contribution < 1.29 is 0 Å². The molecule has 0 fully saturated rings. The Morgan fingerprint density at radius 3 is 1.96 bits per heavy atom. The van der Waals surface area contributed by atoms with Crippen LogP contribution in [0.4, 0.5) is 11.4 Å². The Balaban J connectivity index is 1.54. The molecule has 136 valence electrons. The summed E-state index contributed by atoms with van der Waals surface area (Å²) in [4.78, 5) is 2.25. The zero-order valence-corrected chi connectivity index (χ0v) is 16.1. The lowest BCUT2D eigenvalue weighted by Gasteiger charge is -2.20. The largest absolute Gasteiger partial charge is 0.345 e.